The molecule has 0 bridgehead atoms. The first-order valence-electron chi connectivity index (χ1n) is 9.75. The van der Waals surface area contributed by atoms with Crippen LogP contribution in [0, 0.1) is 6.92 Å². The van der Waals surface area contributed by atoms with Crippen LogP contribution >= 0.6 is 0 Å². The molecule has 5 heteroatoms. The van der Waals surface area contributed by atoms with Crippen LogP contribution in [0.4, 0.5) is 0 Å². The fourth-order valence-electron chi connectivity index (χ4n) is 3.68. The van der Waals surface area contributed by atoms with Gasteiger partial charge in [-0.25, -0.2) is 0 Å². The van der Waals surface area contributed by atoms with Crippen molar-refractivity contribution in [3.63, 3.8) is 0 Å². The summed E-state index contributed by atoms with van der Waals surface area (Å²) in [6.45, 7) is 2.92. The molecule has 0 radical (unpaired) electrons. The van der Waals surface area contributed by atoms with Gasteiger partial charge in [-0.15, -0.1) is 0 Å². The van der Waals surface area contributed by atoms with Crippen LogP contribution in [0.3, 0.4) is 0 Å². The molecular formula is C24H23N3O2. The normalized spacial score (nSPS) is 15.3. The minimum atomic E-state index is -0.610. The number of aromatic nitrogens is 1. The second-order valence-corrected chi connectivity index (χ2v) is 7.30. The first-order chi connectivity index (χ1) is 14.1. The van der Waals surface area contributed by atoms with Gasteiger partial charge in [0.05, 0.1) is 0 Å². The van der Waals surface area contributed by atoms with Gasteiger partial charge in [-0.1, -0.05) is 54.1 Å². The number of benzene rings is 2. The van der Waals surface area contributed by atoms with E-state index in [1.54, 1.807) is 23.4 Å². The van der Waals surface area contributed by atoms with Crippen molar-refractivity contribution in [2.24, 2.45) is 0 Å². The van der Waals surface area contributed by atoms with E-state index in [0.29, 0.717) is 25.1 Å². The van der Waals surface area contributed by atoms with Crippen LogP contribution in [0.25, 0.3) is 0 Å². The molecule has 146 valence electrons. The van der Waals surface area contributed by atoms with Crippen LogP contribution in [0.5, 0.6) is 0 Å². The Bertz CT molecular complexity index is 1020. The first-order valence-corrected chi connectivity index (χ1v) is 9.75. The van der Waals surface area contributed by atoms with E-state index in [-0.39, 0.29) is 11.8 Å². The number of nitrogens with one attached hydrogen (secondary N) is 1. The van der Waals surface area contributed by atoms with Gasteiger partial charge < -0.3 is 10.2 Å². The van der Waals surface area contributed by atoms with E-state index < -0.39 is 6.04 Å². The van der Waals surface area contributed by atoms with Crippen LogP contribution in [0.15, 0.2) is 73.1 Å². The van der Waals surface area contributed by atoms with E-state index in [4.69, 9.17) is 0 Å². The van der Waals surface area contributed by atoms with Gasteiger partial charge >= 0.3 is 0 Å². The Morgan fingerprint density at radius 1 is 1.03 bits per heavy atom. The summed E-state index contributed by atoms with van der Waals surface area (Å²) in [7, 11) is 0. The van der Waals surface area contributed by atoms with Crippen molar-refractivity contribution in [3.05, 3.63) is 101 Å². The van der Waals surface area contributed by atoms with Crippen molar-refractivity contribution < 1.29 is 9.59 Å². The maximum Gasteiger partial charge on any atom is 0.255 e. The zero-order chi connectivity index (χ0) is 20.2. The molecule has 0 aliphatic carbocycles. The molecule has 0 fully saturated rings. The van der Waals surface area contributed by atoms with Gasteiger partial charge in [0.1, 0.15) is 6.04 Å². The number of rotatable bonds is 6. The summed E-state index contributed by atoms with van der Waals surface area (Å²) in [5, 5.41) is 2.97. The monoisotopic (exact) mass is 385 g/mol. The minimum absolute atomic E-state index is 0.0887. The summed E-state index contributed by atoms with van der Waals surface area (Å²) < 4.78 is 0. The SMILES string of the molecule is Cc1ccc(CCN2C(=O)c3ccccc3[C@H]2C(=O)NCc2cccnc2)cc1. The van der Waals surface area contributed by atoms with E-state index in [2.05, 4.69) is 34.6 Å². The van der Waals surface area contributed by atoms with E-state index in [1.807, 2.05) is 37.3 Å². The van der Waals surface area contributed by atoms with Gasteiger partial charge in [-0.2, -0.15) is 0 Å². The molecule has 0 saturated heterocycles. The van der Waals surface area contributed by atoms with Crippen molar-refractivity contribution >= 4 is 11.8 Å². The number of aryl methyl sites for hydroxylation is 1. The quantitative estimate of drug-likeness (QED) is 0.707. The summed E-state index contributed by atoms with van der Waals surface area (Å²) in [5.41, 5.74) is 4.65. The number of pyridine rings is 1. The Morgan fingerprint density at radius 2 is 1.83 bits per heavy atom. The molecule has 2 amide bonds. The number of hydrogen-bond acceptors (Lipinski definition) is 3. The second kappa shape index (κ2) is 8.27. The number of hydrogen-bond donors (Lipinski definition) is 1. The maximum atomic E-state index is 13.1. The van der Waals surface area contributed by atoms with Crippen molar-refractivity contribution in [1.29, 1.82) is 0 Å². The van der Waals surface area contributed by atoms with Gasteiger partial charge in [-0.05, 0) is 42.2 Å². The Labute approximate surface area is 170 Å². The molecule has 2 aromatic carbocycles. The maximum absolute atomic E-state index is 13.1. The van der Waals surface area contributed by atoms with E-state index >= 15 is 0 Å². The van der Waals surface area contributed by atoms with Gasteiger partial charge in [-0.3, -0.25) is 14.6 Å². The summed E-state index contributed by atoms with van der Waals surface area (Å²) in [5.74, 6) is -0.259. The number of nitrogens with zero attached hydrogens (tertiary/aromatic N) is 2. The van der Waals surface area contributed by atoms with Gasteiger partial charge in [0.25, 0.3) is 5.91 Å². The molecule has 3 aromatic rings. The number of carbonyl (C=O) groups is 2. The Hall–Kier alpha value is -3.47. The molecule has 1 atom stereocenters. The van der Waals surface area contributed by atoms with E-state index in [9.17, 15) is 9.59 Å². The molecule has 0 unspecified atom stereocenters. The Balaban J connectivity index is 1.53. The summed E-state index contributed by atoms with van der Waals surface area (Å²) in [6, 6.07) is 18.8. The third kappa shape index (κ3) is 4.04. The van der Waals surface area contributed by atoms with E-state index in [1.165, 1.54) is 5.56 Å². The zero-order valence-corrected chi connectivity index (χ0v) is 16.3. The Morgan fingerprint density at radius 3 is 2.59 bits per heavy atom. The molecule has 0 spiro atoms. The standard InChI is InChI=1S/C24H23N3O2/c1-17-8-10-18(11-9-17)12-14-27-22(20-6-2-3-7-21(20)24(27)29)23(28)26-16-19-5-4-13-25-15-19/h2-11,13,15,22H,12,14,16H2,1H3,(H,26,28)/t22-/m0/s1. The Kier molecular flexibility index (Phi) is 5.38. The molecule has 4 rings (SSSR count). The molecule has 1 aromatic heterocycles. The lowest BCUT2D eigenvalue weighted by atomic mass is 10.0. The van der Waals surface area contributed by atoms with Crippen molar-refractivity contribution in [2.45, 2.75) is 25.9 Å². The molecule has 5 nitrogen and oxygen atoms in total. The topological polar surface area (TPSA) is 62.3 Å². The highest BCUT2D eigenvalue weighted by Crippen LogP contribution is 2.33. The van der Waals surface area contributed by atoms with E-state index in [0.717, 1.165) is 16.7 Å². The van der Waals surface area contributed by atoms with Crippen LogP contribution in [-0.2, 0) is 17.8 Å². The largest absolute Gasteiger partial charge is 0.350 e. The van der Waals surface area contributed by atoms with Gasteiger partial charge in [0.2, 0.25) is 5.91 Å². The third-order valence-corrected chi connectivity index (χ3v) is 5.26. The molecule has 0 saturated carbocycles. The van der Waals surface area contributed by atoms with Gasteiger partial charge in [0, 0.05) is 31.0 Å². The average molecular weight is 385 g/mol. The summed E-state index contributed by atoms with van der Waals surface area (Å²) in [4.78, 5) is 31.8. The lowest BCUT2D eigenvalue weighted by Gasteiger charge is -2.25. The lowest BCUT2D eigenvalue weighted by molar-refractivity contribution is -0.125. The van der Waals surface area contributed by atoms with Crippen LogP contribution in [0.2, 0.25) is 0 Å². The van der Waals surface area contributed by atoms with Crippen molar-refractivity contribution in [3.8, 4) is 0 Å². The smallest absolute Gasteiger partial charge is 0.255 e. The number of fused-ring (bicyclic) bond motifs is 1. The molecule has 2 heterocycles. The predicted molar refractivity (Wildman–Crippen MR) is 111 cm³/mol. The van der Waals surface area contributed by atoms with Crippen molar-refractivity contribution in [2.75, 3.05) is 6.54 Å². The zero-order valence-electron chi connectivity index (χ0n) is 16.3. The summed E-state index contributed by atoms with van der Waals surface area (Å²) in [6.07, 6.45) is 4.12. The van der Waals surface area contributed by atoms with Crippen LogP contribution in [0.1, 0.15) is 38.7 Å². The molecule has 1 N–H and O–H groups in total. The minimum Gasteiger partial charge on any atom is -0.350 e. The molecular weight excluding hydrogens is 362 g/mol. The second-order valence-electron chi connectivity index (χ2n) is 7.30. The number of amides is 2. The number of carbonyl (C=O) groups excluding carboxylic acids is 2. The predicted octanol–water partition coefficient (Wildman–Crippen LogP) is 3.45. The molecule has 29 heavy (non-hydrogen) atoms. The average Bonchev–Trinajstić information content (AvgIpc) is 3.04. The highest BCUT2D eigenvalue weighted by molar-refractivity contribution is 6.04. The van der Waals surface area contributed by atoms with Crippen LogP contribution in [-0.4, -0.2) is 28.2 Å². The highest BCUT2D eigenvalue weighted by Gasteiger charge is 2.40. The lowest BCUT2D eigenvalue weighted by Crippen LogP contribution is -2.39. The first kappa shape index (κ1) is 18.9. The highest BCUT2D eigenvalue weighted by atomic mass is 16.2. The molecule has 1 aliphatic heterocycles. The van der Waals surface area contributed by atoms with Crippen molar-refractivity contribution in [1.82, 2.24) is 15.2 Å². The molecule has 1 aliphatic rings. The third-order valence-electron chi connectivity index (χ3n) is 5.26. The fraction of sp³-hybridized carbons (Fsp3) is 0.208. The van der Waals surface area contributed by atoms with Crippen LogP contribution < -0.4 is 5.32 Å². The summed E-state index contributed by atoms with van der Waals surface area (Å²) >= 11 is 0. The van der Waals surface area contributed by atoms with Gasteiger partial charge in [0.15, 0.2) is 0 Å². The fourth-order valence-corrected chi connectivity index (χ4v) is 3.68.